The number of hydrogen-bond donors (Lipinski definition) is 2. The molecule has 1 unspecified atom stereocenters. The third-order valence-electron chi connectivity index (χ3n) is 3.41. The molecule has 0 aliphatic rings. The summed E-state index contributed by atoms with van der Waals surface area (Å²) in [5.74, 6) is -0.119. The summed E-state index contributed by atoms with van der Waals surface area (Å²) in [7, 11) is 1.56. The smallest absolute Gasteiger partial charge is 0.359 e. The van der Waals surface area contributed by atoms with Crippen molar-refractivity contribution in [1.29, 1.82) is 0 Å². The molecule has 118 valence electrons. The number of carbonyl (C=O) groups is 1. The van der Waals surface area contributed by atoms with Crippen LogP contribution in [0.25, 0.3) is 0 Å². The third-order valence-corrected chi connectivity index (χ3v) is 3.41. The molecule has 1 amide bonds. The summed E-state index contributed by atoms with van der Waals surface area (Å²) in [6, 6.07) is 4.92. The zero-order chi connectivity index (χ0) is 16.3. The first kappa shape index (κ1) is 17.5. The standard InChI is InChI=1S/C15H21F3N2O/c1-10(20-9-14(2,3)13(21)19-4)11-6-5-7-12(8-11)15(16,17)18/h5-8,10,20H,9H2,1-4H3,(H,19,21). The molecule has 0 fully saturated rings. The van der Waals surface area contributed by atoms with Crippen molar-refractivity contribution >= 4 is 5.91 Å². The summed E-state index contributed by atoms with van der Waals surface area (Å²) < 4.78 is 38.1. The summed E-state index contributed by atoms with van der Waals surface area (Å²) in [5, 5.41) is 5.67. The molecule has 0 saturated heterocycles. The fourth-order valence-electron chi connectivity index (χ4n) is 1.93. The highest BCUT2D eigenvalue weighted by atomic mass is 19.4. The Labute approximate surface area is 122 Å². The first-order valence-corrected chi connectivity index (χ1v) is 6.70. The van der Waals surface area contributed by atoms with Crippen molar-refractivity contribution in [3.05, 3.63) is 35.4 Å². The molecule has 0 aromatic heterocycles. The zero-order valence-corrected chi connectivity index (χ0v) is 12.6. The second kappa shape index (κ2) is 6.47. The summed E-state index contributed by atoms with van der Waals surface area (Å²) in [5.41, 5.74) is -0.762. The molecule has 0 bridgehead atoms. The quantitative estimate of drug-likeness (QED) is 0.877. The van der Waals surface area contributed by atoms with Crippen LogP contribution in [0.1, 0.15) is 37.9 Å². The maximum absolute atomic E-state index is 12.7. The Morgan fingerprint density at radius 3 is 2.43 bits per heavy atom. The first-order valence-electron chi connectivity index (χ1n) is 6.70. The van der Waals surface area contributed by atoms with Gasteiger partial charge in [-0.05, 0) is 38.5 Å². The minimum absolute atomic E-state index is 0.119. The molecule has 0 radical (unpaired) electrons. The number of carbonyl (C=O) groups excluding carboxylic acids is 1. The highest BCUT2D eigenvalue weighted by Crippen LogP contribution is 2.30. The largest absolute Gasteiger partial charge is 0.416 e. The molecule has 0 aliphatic heterocycles. The van der Waals surface area contributed by atoms with Crippen LogP contribution < -0.4 is 10.6 Å². The second-order valence-corrected chi connectivity index (χ2v) is 5.69. The van der Waals surface area contributed by atoms with Gasteiger partial charge in [0.2, 0.25) is 5.91 Å². The third kappa shape index (κ3) is 4.74. The van der Waals surface area contributed by atoms with Crippen LogP contribution in [0.3, 0.4) is 0 Å². The number of alkyl halides is 3. The average Bonchev–Trinajstić information content (AvgIpc) is 2.43. The minimum atomic E-state index is -4.35. The monoisotopic (exact) mass is 302 g/mol. The Morgan fingerprint density at radius 1 is 1.29 bits per heavy atom. The lowest BCUT2D eigenvalue weighted by Gasteiger charge is -2.25. The number of amides is 1. The van der Waals surface area contributed by atoms with E-state index in [1.54, 1.807) is 33.9 Å². The predicted octanol–water partition coefficient (Wildman–Crippen LogP) is 3.13. The molecule has 21 heavy (non-hydrogen) atoms. The van der Waals surface area contributed by atoms with E-state index >= 15 is 0 Å². The van der Waals surface area contributed by atoms with Crippen molar-refractivity contribution in [2.75, 3.05) is 13.6 Å². The van der Waals surface area contributed by atoms with Gasteiger partial charge in [-0.2, -0.15) is 13.2 Å². The Morgan fingerprint density at radius 2 is 1.90 bits per heavy atom. The van der Waals surface area contributed by atoms with E-state index in [9.17, 15) is 18.0 Å². The van der Waals surface area contributed by atoms with E-state index in [1.807, 2.05) is 0 Å². The molecule has 3 nitrogen and oxygen atoms in total. The molecule has 1 atom stereocenters. The van der Waals surface area contributed by atoms with E-state index in [2.05, 4.69) is 10.6 Å². The Hall–Kier alpha value is -1.56. The molecule has 1 aromatic carbocycles. The maximum atomic E-state index is 12.7. The van der Waals surface area contributed by atoms with E-state index in [0.29, 0.717) is 12.1 Å². The van der Waals surface area contributed by atoms with E-state index in [0.717, 1.165) is 12.1 Å². The lowest BCUT2D eigenvalue weighted by atomic mass is 9.91. The number of hydrogen-bond acceptors (Lipinski definition) is 2. The highest BCUT2D eigenvalue weighted by Gasteiger charge is 2.31. The Balaban J connectivity index is 2.77. The van der Waals surface area contributed by atoms with Crippen LogP contribution in [0.4, 0.5) is 13.2 Å². The fourth-order valence-corrected chi connectivity index (χ4v) is 1.93. The normalized spacial score (nSPS) is 13.9. The van der Waals surface area contributed by atoms with E-state index in [1.165, 1.54) is 6.07 Å². The van der Waals surface area contributed by atoms with Crippen LogP contribution in [0, 0.1) is 5.41 Å². The SMILES string of the molecule is CNC(=O)C(C)(C)CNC(C)c1cccc(C(F)(F)F)c1. The van der Waals surface area contributed by atoms with E-state index in [-0.39, 0.29) is 11.9 Å². The zero-order valence-electron chi connectivity index (χ0n) is 12.6. The molecule has 6 heteroatoms. The van der Waals surface area contributed by atoms with Crippen molar-refractivity contribution in [3.63, 3.8) is 0 Å². The maximum Gasteiger partial charge on any atom is 0.416 e. The Kier molecular flexibility index (Phi) is 5.39. The lowest BCUT2D eigenvalue weighted by molar-refractivity contribution is -0.137. The Bertz CT molecular complexity index is 498. The van der Waals surface area contributed by atoms with Gasteiger partial charge in [0.05, 0.1) is 11.0 Å². The second-order valence-electron chi connectivity index (χ2n) is 5.69. The number of halogens is 3. The van der Waals surface area contributed by atoms with E-state index in [4.69, 9.17) is 0 Å². The molecule has 2 N–H and O–H groups in total. The van der Waals surface area contributed by atoms with Crippen LogP contribution in [0.5, 0.6) is 0 Å². The van der Waals surface area contributed by atoms with Gasteiger partial charge in [-0.3, -0.25) is 4.79 Å². The number of nitrogens with one attached hydrogen (secondary N) is 2. The molecular formula is C15H21F3N2O. The van der Waals surface area contributed by atoms with Gasteiger partial charge < -0.3 is 10.6 Å². The molecule has 0 heterocycles. The van der Waals surface area contributed by atoms with Crippen LogP contribution >= 0.6 is 0 Å². The van der Waals surface area contributed by atoms with Gasteiger partial charge in [0.25, 0.3) is 0 Å². The van der Waals surface area contributed by atoms with Gasteiger partial charge in [0.1, 0.15) is 0 Å². The van der Waals surface area contributed by atoms with Crippen molar-refractivity contribution < 1.29 is 18.0 Å². The van der Waals surface area contributed by atoms with Crippen molar-refractivity contribution in [3.8, 4) is 0 Å². The lowest BCUT2D eigenvalue weighted by Crippen LogP contribution is -2.42. The van der Waals surface area contributed by atoms with Crippen molar-refractivity contribution in [2.45, 2.75) is 33.0 Å². The highest BCUT2D eigenvalue weighted by molar-refractivity contribution is 5.81. The van der Waals surface area contributed by atoms with Gasteiger partial charge in [0, 0.05) is 19.6 Å². The van der Waals surface area contributed by atoms with Gasteiger partial charge in [-0.15, -0.1) is 0 Å². The van der Waals surface area contributed by atoms with E-state index < -0.39 is 17.2 Å². The average molecular weight is 302 g/mol. The van der Waals surface area contributed by atoms with Crippen molar-refractivity contribution in [2.24, 2.45) is 5.41 Å². The summed E-state index contributed by atoms with van der Waals surface area (Å²) >= 11 is 0. The van der Waals surface area contributed by atoms with Gasteiger partial charge >= 0.3 is 6.18 Å². The summed E-state index contributed by atoms with van der Waals surface area (Å²) in [6.07, 6.45) is -4.35. The fraction of sp³-hybridized carbons (Fsp3) is 0.533. The topological polar surface area (TPSA) is 41.1 Å². The molecule has 1 rings (SSSR count). The van der Waals surface area contributed by atoms with Gasteiger partial charge in [0.15, 0.2) is 0 Å². The van der Waals surface area contributed by atoms with Crippen LogP contribution in [0.15, 0.2) is 24.3 Å². The molecule has 1 aromatic rings. The minimum Gasteiger partial charge on any atom is -0.359 e. The molecule has 0 spiro atoms. The summed E-state index contributed by atoms with van der Waals surface area (Å²) in [4.78, 5) is 11.7. The van der Waals surface area contributed by atoms with Gasteiger partial charge in [-0.25, -0.2) is 0 Å². The van der Waals surface area contributed by atoms with Crippen LogP contribution in [-0.4, -0.2) is 19.5 Å². The van der Waals surface area contributed by atoms with Crippen molar-refractivity contribution in [1.82, 2.24) is 10.6 Å². The molecular weight excluding hydrogens is 281 g/mol. The summed E-state index contributed by atoms with van der Waals surface area (Å²) in [6.45, 7) is 5.69. The number of rotatable bonds is 5. The van der Waals surface area contributed by atoms with Gasteiger partial charge in [-0.1, -0.05) is 12.1 Å². The molecule has 0 saturated carbocycles. The van der Waals surface area contributed by atoms with Crippen LogP contribution in [0.2, 0.25) is 0 Å². The molecule has 0 aliphatic carbocycles. The first-order chi connectivity index (χ1) is 9.58. The number of benzene rings is 1. The predicted molar refractivity (Wildman–Crippen MR) is 75.7 cm³/mol. The van der Waals surface area contributed by atoms with Crippen LogP contribution in [-0.2, 0) is 11.0 Å².